The molecule has 1 aromatic heterocycles. The molecule has 0 bridgehead atoms. The average molecular weight is 232 g/mol. The number of hydrogen-bond acceptors (Lipinski definition) is 3. The Balaban J connectivity index is 2.71. The third-order valence-corrected chi connectivity index (χ3v) is 2.51. The van der Waals surface area contributed by atoms with E-state index in [4.69, 9.17) is 16.7 Å². The fourth-order valence-corrected chi connectivity index (χ4v) is 1.36. The van der Waals surface area contributed by atoms with Crippen LogP contribution in [-0.2, 0) is 4.79 Å². The normalized spacial score (nSPS) is 12.5. The van der Waals surface area contributed by atoms with Gasteiger partial charge in [0.15, 0.2) is 0 Å². The van der Waals surface area contributed by atoms with Gasteiger partial charge in [0.1, 0.15) is 6.04 Å². The lowest BCUT2D eigenvalue weighted by Crippen LogP contribution is -2.33. The summed E-state index contributed by atoms with van der Waals surface area (Å²) >= 11 is 5.83. The Hall–Kier alpha value is -1.07. The van der Waals surface area contributed by atoms with Crippen molar-refractivity contribution in [2.45, 2.75) is 19.9 Å². The number of nitrogens with one attached hydrogen (secondary N) is 1. The molecule has 0 saturated carbocycles. The Morgan fingerprint density at radius 3 is 2.93 bits per heavy atom. The van der Waals surface area contributed by atoms with Gasteiger partial charge in [0.05, 0.1) is 23.5 Å². The summed E-state index contributed by atoms with van der Waals surface area (Å²) in [5.41, 5.74) is 0.753. The minimum Gasteiger partial charge on any atom is -0.395 e. The minimum absolute atomic E-state index is 0.0721. The van der Waals surface area contributed by atoms with Gasteiger partial charge in [-0.1, -0.05) is 11.6 Å². The zero-order valence-corrected chi connectivity index (χ0v) is 9.45. The Bertz CT molecular complexity index is 351. The second-order valence-corrected chi connectivity index (χ2v) is 3.62. The first kappa shape index (κ1) is 12.0. The van der Waals surface area contributed by atoms with Crippen molar-refractivity contribution in [1.82, 2.24) is 15.1 Å². The van der Waals surface area contributed by atoms with Crippen LogP contribution in [-0.4, -0.2) is 33.9 Å². The fraction of sp³-hybridized carbons (Fsp3) is 0.556. The SMILES string of the molecule is Cc1c(Cl)cnn1C(C)C(=O)NCCO. The monoisotopic (exact) mass is 231 g/mol. The first-order valence-corrected chi connectivity index (χ1v) is 5.04. The highest BCUT2D eigenvalue weighted by Gasteiger charge is 2.17. The summed E-state index contributed by atoms with van der Waals surface area (Å²) < 4.78 is 1.55. The van der Waals surface area contributed by atoms with Crippen LogP contribution < -0.4 is 5.32 Å². The highest BCUT2D eigenvalue weighted by molar-refractivity contribution is 6.31. The number of amides is 1. The molecule has 1 heterocycles. The maximum atomic E-state index is 11.5. The van der Waals surface area contributed by atoms with Crippen molar-refractivity contribution in [2.24, 2.45) is 0 Å². The highest BCUT2D eigenvalue weighted by atomic mass is 35.5. The van der Waals surface area contributed by atoms with Gasteiger partial charge in [0, 0.05) is 6.54 Å². The summed E-state index contributed by atoms with van der Waals surface area (Å²) in [6.07, 6.45) is 1.51. The number of carbonyl (C=O) groups excluding carboxylic acids is 1. The molecule has 0 aliphatic heterocycles. The Morgan fingerprint density at radius 2 is 2.47 bits per heavy atom. The van der Waals surface area contributed by atoms with Crippen molar-refractivity contribution >= 4 is 17.5 Å². The van der Waals surface area contributed by atoms with Crippen LogP contribution in [0, 0.1) is 6.92 Å². The zero-order valence-electron chi connectivity index (χ0n) is 8.70. The minimum atomic E-state index is -0.427. The van der Waals surface area contributed by atoms with Crippen LogP contribution in [0.2, 0.25) is 5.02 Å². The second kappa shape index (κ2) is 5.14. The molecule has 0 spiro atoms. The van der Waals surface area contributed by atoms with E-state index in [1.807, 2.05) is 0 Å². The molecule has 1 unspecified atom stereocenters. The maximum absolute atomic E-state index is 11.5. The lowest BCUT2D eigenvalue weighted by molar-refractivity contribution is -0.124. The van der Waals surface area contributed by atoms with E-state index in [2.05, 4.69) is 10.4 Å². The van der Waals surface area contributed by atoms with Crippen LogP contribution in [0.25, 0.3) is 0 Å². The summed E-state index contributed by atoms with van der Waals surface area (Å²) in [5.74, 6) is -0.188. The van der Waals surface area contributed by atoms with Gasteiger partial charge in [0.25, 0.3) is 0 Å². The van der Waals surface area contributed by atoms with Crippen LogP contribution in [0.3, 0.4) is 0 Å². The van der Waals surface area contributed by atoms with Gasteiger partial charge in [-0.3, -0.25) is 9.48 Å². The molecule has 5 nitrogen and oxygen atoms in total. The van der Waals surface area contributed by atoms with Crippen LogP contribution in [0.5, 0.6) is 0 Å². The highest BCUT2D eigenvalue weighted by Crippen LogP contribution is 2.17. The summed E-state index contributed by atoms with van der Waals surface area (Å²) in [4.78, 5) is 11.5. The van der Waals surface area contributed by atoms with Crippen molar-refractivity contribution in [1.29, 1.82) is 0 Å². The first-order valence-electron chi connectivity index (χ1n) is 4.66. The van der Waals surface area contributed by atoms with Gasteiger partial charge >= 0.3 is 0 Å². The Labute approximate surface area is 93.0 Å². The number of aromatic nitrogens is 2. The number of aliphatic hydroxyl groups excluding tert-OH is 1. The molecule has 1 aromatic rings. The van der Waals surface area contributed by atoms with E-state index in [1.165, 1.54) is 6.20 Å². The van der Waals surface area contributed by atoms with Crippen LogP contribution in [0.15, 0.2) is 6.20 Å². The van der Waals surface area contributed by atoms with Crippen molar-refractivity contribution in [3.63, 3.8) is 0 Å². The molecule has 1 rings (SSSR count). The van der Waals surface area contributed by atoms with E-state index in [9.17, 15) is 4.79 Å². The molecule has 84 valence electrons. The smallest absolute Gasteiger partial charge is 0.244 e. The molecule has 6 heteroatoms. The number of nitrogens with zero attached hydrogens (tertiary/aromatic N) is 2. The fourth-order valence-electron chi connectivity index (χ4n) is 1.23. The number of hydrogen-bond donors (Lipinski definition) is 2. The largest absolute Gasteiger partial charge is 0.395 e. The van der Waals surface area contributed by atoms with E-state index in [0.29, 0.717) is 5.02 Å². The lowest BCUT2D eigenvalue weighted by atomic mass is 10.3. The van der Waals surface area contributed by atoms with Crippen LogP contribution >= 0.6 is 11.6 Å². The van der Waals surface area contributed by atoms with E-state index in [-0.39, 0.29) is 19.1 Å². The quantitative estimate of drug-likeness (QED) is 0.794. The molecule has 0 aromatic carbocycles. The topological polar surface area (TPSA) is 67.2 Å². The van der Waals surface area contributed by atoms with Crippen molar-refractivity contribution in [2.75, 3.05) is 13.2 Å². The third-order valence-electron chi connectivity index (χ3n) is 2.14. The van der Waals surface area contributed by atoms with Gasteiger partial charge in [0.2, 0.25) is 5.91 Å². The summed E-state index contributed by atoms with van der Waals surface area (Å²) in [6, 6.07) is -0.427. The van der Waals surface area contributed by atoms with Crippen LogP contribution in [0.1, 0.15) is 18.7 Å². The van der Waals surface area contributed by atoms with Gasteiger partial charge in [-0.15, -0.1) is 0 Å². The Kier molecular flexibility index (Phi) is 4.11. The molecular formula is C9H14ClN3O2. The van der Waals surface area contributed by atoms with Crippen LogP contribution in [0.4, 0.5) is 0 Å². The van der Waals surface area contributed by atoms with E-state index in [0.717, 1.165) is 5.69 Å². The van der Waals surface area contributed by atoms with E-state index in [1.54, 1.807) is 18.5 Å². The first-order chi connectivity index (χ1) is 7.07. The molecule has 1 amide bonds. The summed E-state index contributed by atoms with van der Waals surface area (Å²) in [5, 5.41) is 15.7. The van der Waals surface area contributed by atoms with Gasteiger partial charge in [-0.2, -0.15) is 5.10 Å². The second-order valence-electron chi connectivity index (χ2n) is 3.21. The number of rotatable bonds is 4. The predicted octanol–water partition coefficient (Wildman–Crippen LogP) is 0.514. The summed E-state index contributed by atoms with van der Waals surface area (Å²) in [6.45, 7) is 3.70. The lowest BCUT2D eigenvalue weighted by Gasteiger charge is -2.13. The van der Waals surface area contributed by atoms with Crippen molar-refractivity contribution in [3.8, 4) is 0 Å². The molecular weight excluding hydrogens is 218 g/mol. The molecule has 0 radical (unpaired) electrons. The molecule has 1 atom stereocenters. The Morgan fingerprint density at radius 1 is 1.80 bits per heavy atom. The average Bonchev–Trinajstić information content (AvgIpc) is 2.55. The zero-order chi connectivity index (χ0) is 11.4. The molecule has 0 saturated heterocycles. The molecule has 2 N–H and O–H groups in total. The van der Waals surface area contributed by atoms with Gasteiger partial charge in [-0.25, -0.2) is 0 Å². The maximum Gasteiger partial charge on any atom is 0.244 e. The standard InChI is InChI=1S/C9H14ClN3O2/c1-6-8(10)5-12-13(6)7(2)9(15)11-3-4-14/h5,7,14H,3-4H2,1-2H3,(H,11,15). The molecule has 0 aliphatic carbocycles. The molecule has 0 fully saturated rings. The molecule has 0 aliphatic rings. The van der Waals surface area contributed by atoms with Gasteiger partial charge < -0.3 is 10.4 Å². The van der Waals surface area contributed by atoms with Crippen molar-refractivity contribution < 1.29 is 9.90 Å². The number of halogens is 1. The third kappa shape index (κ3) is 2.70. The van der Waals surface area contributed by atoms with E-state index >= 15 is 0 Å². The van der Waals surface area contributed by atoms with E-state index < -0.39 is 6.04 Å². The number of aliphatic hydroxyl groups is 1. The predicted molar refractivity (Wildman–Crippen MR) is 56.8 cm³/mol. The van der Waals surface area contributed by atoms with Gasteiger partial charge in [-0.05, 0) is 13.8 Å². The molecule has 15 heavy (non-hydrogen) atoms. The van der Waals surface area contributed by atoms with Crippen molar-refractivity contribution in [3.05, 3.63) is 16.9 Å². The summed E-state index contributed by atoms with van der Waals surface area (Å²) in [7, 11) is 0. The number of carbonyl (C=O) groups is 1.